The van der Waals surface area contributed by atoms with Crippen LogP contribution in [-0.4, -0.2) is 36.2 Å². The second kappa shape index (κ2) is 6.80. The summed E-state index contributed by atoms with van der Waals surface area (Å²) in [6.45, 7) is 7.27. The Kier molecular flexibility index (Phi) is 5.07. The monoisotopic (exact) mass is 304 g/mol. The van der Waals surface area contributed by atoms with Crippen LogP contribution < -0.4 is 4.74 Å². The molecule has 2 rings (SSSR count). The van der Waals surface area contributed by atoms with Gasteiger partial charge in [0.25, 0.3) is 5.91 Å². The number of methoxy groups -OCH3 is 1. The minimum Gasteiger partial charge on any atom is -0.497 e. The fourth-order valence-electron chi connectivity index (χ4n) is 2.12. The highest BCUT2D eigenvalue weighted by atomic mass is 32.2. The van der Waals surface area contributed by atoms with Gasteiger partial charge in [0, 0.05) is 13.1 Å². The van der Waals surface area contributed by atoms with E-state index in [2.05, 4.69) is 4.99 Å². The molecule has 0 N–H and O–H groups in total. The number of likely N-dealkylation sites (N-methyl/N-ethyl adjacent to an activating group) is 1. The van der Waals surface area contributed by atoms with Crippen LogP contribution >= 0.6 is 11.8 Å². The summed E-state index contributed by atoms with van der Waals surface area (Å²) in [6, 6.07) is 5.84. The Morgan fingerprint density at radius 1 is 1.38 bits per heavy atom. The van der Waals surface area contributed by atoms with E-state index in [0.29, 0.717) is 13.1 Å². The first-order chi connectivity index (χ1) is 10.1. The fourth-order valence-corrected chi connectivity index (χ4v) is 3.21. The van der Waals surface area contributed by atoms with E-state index in [-0.39, 0.29) is 5.91 Å². The maximum absolute atomic E-state index is 12.4. The molecule has 4 nitrogen and oxygen atoms in total. The third-order valence-electron chi connectivity index (χ3n) is 3.26. The van der Waals surface area contributed by atoms with Crippen LogP contribution in [0.15, 0.2) is 28.1 Å². The predicted octanol–water partition coefficient (Wildman–Crippen LogP) is 3.32. The van der Waals surface area contributed by atoms with Crippen LogP contribution in [-0.2, 0) is 4.79 Å². The topological polar surface area (TPSA) is 41.9 Å². The molecule has 0 bridgehead atoms. The number of benzene rings is 1. The molecular formula is C16H20N2O2S. The molecule has 5 heteroatoms. The van der Waals surface area contributed by atoms with E-state index < -0.39 is 0 Å². The lowest BCUT2D eigenvalue weighted by molar-refractivity contribution is -0.122. The molecule has 1 fully saturated rings. The molecule has 0 aromatic heterocycles. The molecular weight excluding hydrogens is 284 g/mol. The summed E-state index contributed by atoms with van der Waals surface area (Å²) in [5.41, 5.74) is 2.11. The van der Waals surface area contributed by atoms with E-state index in [1.165, 1.54) is 11.8 Å². The minimum absolute atomic E-state index is 0.0323. The van der Waals surface area contributed by atoms with Gasteiger partial charge in [-0.1, -0.05) is 6.07 Å². The Morgan fingerprint density at radius 3 is 2.71 bits per heavy atom. The van der Waals surface area contributed by atoms with E-state index in [1.807, 2.05) is 45.0 Å². The number of hydrogen-bond donors (Lipinski definition) is 0. The third kappa shape index (κ3) is 3.29. The van der Waals surface area contributed by atoms with Gasteiger partial charge in [-0.3, -0.25) is 14.7 Å². The first-order valence-electron chi connectivity index (χ1n) is 7.01. The van der Waals surface area contributed by atoms with Crippen molar-refractivity contribution in [1.29, 1.82) is 0 Å². The van der Waals surface area contributed by atoms with Gasteiger partial charge in [0.1, 0.15) is 5.75 Å². The number of carbonyl (C=O) groups is 1. The predicted molar refractivity (Wildman–Crippen MR) is 88.7 cm³/mol. The first-order valence-corrected chi connectivity index (χ1v) is 7.82. The molecule has 1 aliphatic heterocycles. The number of ether oxygens (including phenoxy) is 1. The van der Waals surface area contributed by atoms with Crippen LogP contribution in [0.25, 0.3) is 6.08 Å². The van der Waals surface area contributed by atoms with Crippen molar-refractivity contribution in [2.45, 2.75) is 20.8 Å². The highest BCUT2D eigenvalue weighted by molar-refractivity contribution is 8.18. The maximum Gasteiger partial charge on any atom is 0.266 e. The fraction of sp³-hybridized carbons (Fsp3) is 0.375. The lowest BCUT2D eigenvalue weighted by Crippen LogP contribution is -2.28. The number of aryl methyl sites for hydroxylation is 1. The molecule has 0 saturated carbocycles. The highest BCUT2D eigenvalue weighted by Gasteiger charge is 2.31. The van der Waals surface area contributed by atoms with Crippen molar-refractivity contribution in [3.8, 4) is 5.75 Å². The largest absolute Gasteiger partial charge is 0.497 e. The van der Waals surface area contributed by atoms with Gasteiger partial charge in [-0.05, 0) is 61.9 Å². The van der Waals surface area contributed by atoms with Gasteiger partial charge in [0.05, 0.1) is 12.0 Å². The zero-order valence-corrected chi connectivity index (χ0v) is 13.7. The number of nitrogens with zero attached hydrogens (tertiary/aromatic N) is 2. The van der Waals surface area contributed by atoms with Crippen molar-refractivity contribution in [3.63, 3.8) is 0 Å². The summed E-state index contributed by atoms with van der Waals surface area (Å²) in [4.78, 5) is 19.2. The van der Waals surface area contributed by atoms with E-state index in [0.717, 1.165) is 26.9 Å². The molecule has 1 amide bonds. The van der Waals surface area contributed by atoms with Gasteiger partial charge in [-0.15, -0.1) is 0 Å². The van der Waals surface area contributed by atoms with Crippen molar-refractivity contribution >= 4 is 28.9 Å². The van der Waals surface area contributed by atoms with Crippen molar-refractivity contribution in [2.24, 2.45) is 4.99 Å². The first kappa shape index (κ1) is 15.6. The summed E-state index contributed by atoms with van der Waals surface area (Å²) in [7, 11) is 1.65. The number of aliphatic imine (C=N–C) groups is 1. The number of amidine groups is 1. The Bertz CT molecular complexity index is 608. The maximum atomic E-state index is 12.4. The SMILES string of the molecule is CCN=C1S/C(=C\c2ccc(OC)cc2C)C(=O)N1CC. The number of rotatable bonds is 4. The lowest BCUT2D eigenvalue weighted by Gasteiger charge is -2.11. The van der Waals surface area contributed by atoms with Gasteiger partial charge in [0.2, 0.25) is 0 Å². The van der Waals surface area contributed by atoms with Crippen LogP contribution in [0.4, 0.5) is 0 Å². The molecule has 0 aliphatic carbocycles. The molecule has 0 radical (unpaired) electrons. The van der Waals surface area contributed by atoms with Gasteiger partial charge in [-0.2, -0.15) is 0 Å². The normalized spacial score (nSPS) is 18.9. The summed E-state index contributed by atoms with van der Waals surface area (Å²) in [5, 5.41) is 0.794. The lowest BCUT2D eigenvalue weighted by atomic mass is 10.1. The van der Waals surface area contributed by atoms with Crippen molar-refractivity contribution in [3.05, 3.63) is 34.2 Å². The highest BCUT2D eigenvalue weighted by Crippen LogP contribution is 2.33. The molecule has 0 unspecified atom stereocenters. The molecule has 112 valence electrons. The van der Waals surface area contributed by atoms with E-state index in [1.54, 1.807) is 12.0 Å². The smallest absolute Gasteiger partial charge is 0.266 e. The standard InChI is InChI=1S/C16H20N2O2S/c1-5-17-16-18(6-2)15(19)14(21-16)10-12-7-8-13(20-4)9-11(12)3/h7-10H,5-6H2,1-4H3/b14-10-,17-16?. The Balaban J connectivity index is 2.34. The molecule has 1 saturated heterocycles. The molecule has 0 atom stereocenters. The van der Waals surface area contributed by atoms with Crippen molar-refractivity contribution in [2.75, 3.05) is 20.2 Å². The van der Waals surface area contributed by atoms with Crippen LogP contribution in [0.5, 0.6) is 5.75 Å². The molecule has 1 heterocycles. The summed E-state index contributed by atoms with van der Waals surface area (Å²) < 4.78 is 5.20. The molecule has 0 spiro atoms. The minimum atomic E-state index is 0.0323. The number of amides is 1. The Labute approximate surface area is 129 Å². The van der Waals surface area contributed by atoms with Gasteiger partial charge in [0.15, 0.2) is 5.17 Å². The second-order valence-electron chi connectivity index (χ2n) is 4.64. The van der Waals surface area contributed by atoms with E-state index in [4.69, 9.17) is 4.74 Å². The average molecular weight is 304 g/mol. The summed E-state index contributed by atoms with van der Waals surface area (Å²) >= 11 is 1.45. The van der Waals surface area contributed by atoms with Gasteiger partial charge < -0.3 is 4.74 Å². The average Bonchev–Trinajstić information content (AvgIpc) is 2.77. The van der Waals surface area contributed by atoms with Gasteiger partial charge >= 0.3 is 0 Å². The zero-order chi connectivity index (χ0) is 15.4. The molecule has 1 aromatic rings. The van der Waals surface area contributed by atoms with Crippen LogP contribution in [0.2, 0.25) is 0 Å². The summed E-state index contributed by atoms with van der Waals surface area (Å²) in [5.74, 6) is 0.855. The number of carbonyl (C=O) groups excluding carboxylic acids is 1. The summed E-state index contributed by atoms with van der Waals surface area (Å²) in [6.07, 6.45) is 1.93. The Hall–Kier alpha value is -1.75. The number of thioether (sulfide) groups is 1. The van der Waals surface area contributed by atoms with Crippen LogP contribution in [0, 0.1) is 6.92 Å². The van der Waals surface area contributed by atoms with Crippen LogP contribution in [0.3, 0.4) is 0 Å². The van der Waals surface area contributed by atoms with Crippen molar-refractivity contribution in [1.82, 2.24) is 4.90 Å². The van der Waals surface area contributed by atoms with Gasteiger partial charge in [-0.25, -0.2) is 0 Å². The zero-order valence-electron chi connectivity index (χ0n) is 12.8. The second-order valence-corrected chi connectivity index (χ2v) is 5.65. The Morgan fingerprint density at radius 2 is 2.14 bits per heavy atom. The number of hydrogen-bond acceptors (Lipinski definition) is 4. The van der Waals surface area contributed by atoms with Crippen LogP contribution in [0.1, 0.15) is 25.0 Å². The molecule has 1 aromatic carbocycles. The van der Waals surface area contributed by atoms with E-state index >= 15 is 0 Å². The molecule has 21 heavy (non-hydrogen) atoms. The van der Waals surface area contributed by atoms with Crippen molar-refractivity contribution < 1.29 is 9.53 Å². The molecule has 1 aliphatic rings. The quantitative estimate of drug-likeness (QED) is 0.801. The van der Waals surface area contributed by atoms with E-state index in [9.17, 15) is 4.79 Å². The third-order valence-corrected chi connectivity index (χ3v) is 4.31.